The number of H-pyrrole nitrogens is 1. The van der Waals surface area contributed by atoms with Gasteiger partial charge in [0.1, 0.15) is 5.58 Å². The summed E-state index contributed by atoms with van der Waals surface area (Å²) >= 11 is 0. The van der Waals surface area contributed by atoms with Gasteiger partial charge in [0.25, 0.3) is 0 Å². The van der Waals surface area contributed by atoms with Crippen LogP contribution in [0, 0.1) is 0 Å². The molecular weight excluding hydrogens is 166 g/mol. The predicted molar refractivity (Wildman–Crippen MR) is 49.7 cm³/mol. The molecule has 0 amide bonds. The zero-order chi connectivity index (χ0) is 8.84. The summed E-state index contributed by atoms with van der Waals surface area (Å²) in [5.41, 5.74) is 1.47. The molecule has 3 aromatic rings. The maximum Gasteiger partial charge on any atom is 0.150 e. The summed E-state index contributed by atoms with van der Waals surface area (Å²) in [5.74, 6) is 0.256. The average Bonchev–Trinajstić information content (AvgIpc) is 2.71. The highest BCUT2D eigenvalue weighted by molar-refractivity contribution is 6.01. The van der Waals surface area contributed by atoms with Crippen molar-refractivity contribution in [2.75, 3.05) is 0 Å². The van der Waals surface area contributed by atoms with Crippen molar-refractivity contribution < 1.29 is 9.52 Å². The van der Waals surface area contributed by atoms with Gasteiger partial charge < -0.3 is 14.5 Å². The van der Waals surface area contributed by atoms with Gasteiger partial charge in [-0.25, -0.2) is 0 Å². The van der Waals surface area contributed by atoms with Crippen LogP contribution < -0.4 is 0 Å². The number of hydrogen-bond donors (Lipinski definition) is 2. The van der Waals surface area contributed by atoms with Gasteiger partial charge in [-0.1, -0.05) is 0 Å². The summed E-state index contributed by atoms with van der Waals surface area (Å²) in [7, 11) is 0. The summed E-state index contributed by atoms with van der Waals surface area (Å²) in [6.07, 6.45) is 3.37. The lowest BCUT2D eigenvalue weighted by atomic mass is 10.2. The van der Waals surface area contributed by atoms with Gasteiger partial charge in [0, 0.05) is 11.6 Å². The lowest BCUT2D eigenvalue weighted by molar-refractivity contribution is 0.486. The van der Waals surface area contributed by atoms with Crippen LogP contribution in [0.3, 0.4) is 0 Å². The lowest BCUT2D eigenvalue weighted by Crippen LogP contribution is -1.71. The molecule has 0 fully saturated rings. The number of aromatic amines is 1. The number of nitrogens with one attached hydrogen (secondary N) is 1. The quantitative estimate of drug-likeness (QED) is 0.549. The molecule has 0 aliphatic rings. The molecule has 0 saturated heterocycles. The zero-order valence-electron chi connectivity index (χ0n) is 6.74. The largest absolute Gasteiger partial charge is 0.505 e. The fourth-order valence-corrected chi connectivity index (χ4v) is 1.61. The Morgan fingerprint density at radius 3 is 3.15 bits per heavy atom. The molecule has 3 rings (SSSR count). The molecule has 3 heteroatoms. The number of phenols is 1. The van der Waals surface area contributed by atoms with E-state index in [1.807, 2.05) is 12.1 Å². The number of hydrogen-bond acceptors (Lipinski definition) is 2. The summed E-state index contributed by atoms with van der Waals surface area (Å²) in [6.45, 7) is 0. The first-order valence-electron chi connectivity index (χ1n) is 4.02. The Kier molecular flexibility index (Phi) is 1.05. The molecule has 0 aliphatic heterocycles. The first kappa shape index (κ1) is 6.60. The number of benzene rings is 1. The minimum atomic E-state index is 0.256. The van der Waals surface area contributed by atoms with Gasteiger partial charge in [0.05, 0.1) is 17.2 Å². The van der Waals surface area contributed by atoms with Gasteiger partial charge in [-0.05, 0) is 18.2 Å². The summed E-state index contributed by atoms with van der Waals surface area (Å²) < 4.78 is 5.20. The SMILES string of the molecule is Oc1c2ccoc2cc2cc[nH]c12. The first-order valence-corrected chi connectivity index (χ1v) is 4.02. The normalized spacial score (nSPS) is 11.4. The molecule has 2 N–H and O–H groups in total. The monoisotopic (exact) mass is 173 g/mol. The topological polar surface area (TPSA) is 49.2 Å². The number of rotatable bonds is 0. The Balaban J connectivity index is 2.67. The maximum absolute atomic E-state index is 9.80. The lowest BCUT2D eigenvalue weighted by Gasteiger charge is -1.96. The van der Waals surface area contributed by atoms with Crippen LogP contribution in [-0.2, 0) is 0 Å². The highest BCUT2D eigenvalue weighted by Gasteiger charge is 2.08. The van der Waals surface area contributed by atoms with E-state index >= 15 is 0 Å². The van der Waals surface area contributed by atoms with Crippen molar-refractivity contribution in [3.63, 3.8) is 0 Å². The van der Waals surface area contributed by atoms with Crippen molar-refractivity contribution in [3.05, 3.63) is 30.7 Å². The molecule has 0 aliphatic carbocycles. The van der Waals surface area contributed by atoms with Crippen LogP contribution in [0.5, 0.6) is 5.75 Å². The van der Waals surface area contributed by atoms with Crippen molar-refractivity contribution in [3.8, 4) is 5.75 Å². The van der Waals surface area contributed by atoms with Gasteiger partial charge in [0.15, 0.2) is 5.75 Å². The molecule has 13 heavy (non-hydrogen) atoms. The van der Waals surface area contributed by atoms with Crippen LogP contribution in [0.2, 0.25) is 0 Å². The van der Waals surface area contributed by atoms with E-state index in [9.17, 15) is 5.11 Å². The maximum atomic E-state index is 9.80. The van der Waals surface area contributed by atoms with Crippen molar-refractivity contribution in [1.29, 1.82) is 0 Å². The molecule has 0 saturated carbocycles. The number of aromatic nitrogens is 1. The van der Waals surface area contributed by atoms with E-state index in [1.165, 1.54) is 0 Å². The molecule has 2 aromatic heterocycles. The van der Waals surface area contributed by atoms with Crippen molar-refractivity contribution in [1.82, 2.24) is 4.98 Å². The minimum absolute atomic E-state index is 0.256. The van der Waals surface area contributed by atoms with Gasteiger partial charge in [-0.2, -0.15) is 0 Å². The second-order valence-corrected chi connectivity index (χ2v) is 3.00. The molecule has 2 heterocycles. The Morgan fingerprint density at radius 1 is 1.31 bits per heavy atom. The first-order chi connectivity index (χ1) is 6.36. The number of furan rings is 1. The number of phenolic OH excluding ortho intramolecular Hbond substituents is 1. The highest BCUT2D eigenvalue weighted by atomic mass is 16.3. The van der Waals surface area contributed by atoms with Crippen LogP contribution in [0.15, 0.2) is 35.1 Å². The zero-order valence-corrected chi connectivity index (χ0v) is 6.74. The van der Waals surface area contributed by atoms with E-state index in [2.05, 4.69) is 4.98 Å². The fourth-order valence-electron chi connectivity index (χ4n) is 1.61. The highest BCUT2D eigenvalue weighted by Crippen LogP contribution is 2.33. The summed E-state index contributed by atoms with van der Waals surface area (Å²) in [5, 5.41) is 11.5. The van der Waals surface area contributed by atoms with Gasteiger partial charge in [0.2, 0.25) is 0 Å². The molecule has 3 nitrogen and oxygen atoms in total. The van der Waals surface area contributed by atoms with Crippen molar-refractivity contribution in [2.24, 2.45) is 0 Å². The van der Waals surface area contributed by atoms with Crippen LogP contribution in [-0.4, -0.2) is 10.1 Å². The number of aromatic hydroxyl groups is 1. The second-order valence-electron chi connectivity index (χ2n) is 3.00. The molecule has 0 radical (unpaired) electrons. The van der Waals surface area contributed by atoms with Crippen molar-refractivity contribution in [2.45, 2.75) is 0 Å². The molecule has 0 unspecified atom stereocenters. The Morgan fingerprint density at radius 2 is 2.23 bits per heavy atom. The smallest absolute Gasteiger partial charge is 0.150 e. The third-order valence-corrected chi connectivity index (χ3v) is 2.25. The Labute approximate surface area is 73.6 Å². The van der Waals surface area contributed by atoms with E-state index in [1.54, 1.807) is 18.5 Å². The summed E-state index contributed by atoms with van der Waals surface area (Å²) in [4.78, 5) is 2.98. The van der Waals surface area contributed by atoms with Gasteiger partial charge >= 0.3 is 0 Å². The van der Waals surface area contributed by atoms with E-state index in [0.29, 0.717) is 5.58 Å². The minimum Gasteiger partial charge on any atom is -0.505 e. The van der Waals surface area contributed by atoms with Crippen LogP contribution in [0.25, 0.3) is 21.9 Å². The van der Waals surface area contributed by atoms with Crippen LogP contribution >= 0.6 is 0 Å². The predicted octanol–water partition coefficient (Wildman–Crippen LogP) is 2.62. The molecule has 1 aromatic carbocycles. The third-order valence-electron chi connectivity index (χ3n) is 2.25. The summed E-state index contributed by atoms with van der Waals surface area (Å²) in [6, 6.07) is 5.56. The third kappa shape index (κ3) is 0.731. The van der Waals surface area contributed by atoms with Crippen LogP contribution in [0.4, 0.5) is 0 Å². The molecule has 0 bridgehead atoms. The Hall–Kier alpha value is -1.90. The average molecular weight is 173 g/mol. The van der Waals surface area contributed by atoms with Gasteiger partial charge in [-0.3, -0.25) is 0 Å². The van der Waals surface area contributed by atoms with Crippen LogP contribution in [0.1, 0.15) is 0 Å². The fraction of sp³-hybridized carbons (Fsp3) is 0. The molecule has 0 spiro atoms. The molecular formula is C10H7NO2. The second kappa shape index (κ2) is 2.07. The van der Waals surface area contributed by atoms with E-state index < -0.39 is 0 Å². The molecule has 0 atom stereocenters. The van der Waals surface area contributed by atoms with E-state index in [-0.39, 0.29) is 5.75 Å². The standard InChI is InChI=1S/C10H7NO2/c12-10-7-2-4-13-8(7)5-6-1-3-11-9(6)10/h1-5,11-12H. The number of fused-ring (bicyclic) bond motifs is 2. The Bertz CT molecular complexity index is 528. The van der Waals surface area contributed by atoms with Gasteiger partial charge in [-0.15, -0.1) is 0 Å². The molecule has 64 valence electrons. The van der Waals surface area contributed by atoms with E-state index in [0.717, 1.165) is 16.3 Å². The van der Waals surface area contributed by atoms with Crippen molar-refractivity contribution >= 4 is 21.9 Å². The van der Waals surface area contributed by atoms with E-state index in [4.69, 9.17) is 4.42 Å².